The fourth-order valence-corrected chi connectivity index (χ4v) is 1.69. The molecular weight excluding hydrogens is 260 g/mol. The molecule has 0 bridgehead atoms. The van der Waals surface area contributed by atoms with Gasteiger partial charge in [-0.05, 0) is 30.3 Å². The van der Waals surface area contributed by atoms with E-state index in [1.165, 1.54) is 26.5 Å². The summed E-state index contributed by atoms with van der Waals surface area (Å²) in [6.07, 6.45) is 1.49. The highest BCUT2D eigenvalue weighted by Gasteiger charge is 2.12. The van der Waals surface area contributed by atoms with Crippen LogP contribution in [-0.4, -0.2) is 25.1 Å². The molecule has 6 nitrogen and oxygen atoms in total. The smallest absolute Gasteiger partial charge is 0.271 e. The number of anilines is 1. The summed E-state index contributed by atoms with van der Waals surface area (Å²) >= 11 is 0. The van der Waals surface area contributed by atoms with Crippen molar-refractivity contribution >= 4 is 11.6 Å². The van der Waals surface area contributed by atoms with Gasteiger partial charge in [-0.15, -0.1) is 0 Å². The van der Waals surface area contributed by atoms with Crippen LogP contribution >= 0.6 is 0 Å². The van der Waals surface area contributed by atoms with Gasteiger partial charge in [0.1, 0.15) is 5.69 Å². The Labute approximate surface area is 115 Å². The fourth-order valence-electron chi connectivity index (χ4n) is 1.69. The van der Waals surface area contributed by atoms with Crippen molar-refractivity contribution in [3.05, 3.63) is 52.4 Å². The highest BCUT2D eigenvalue weighted by Crippen LogP contribution is 2.27. The van der Waals surface area contributed by atoms with Crippen LogP contribution in [0.25, 0.3) is 0 Å². The molecule has 0 spiro atoms. The first kappa shape index (κ1) is 13.7. The molecule has 0 fully saturated rings. The molecule has 0 radical (unpaired) electrons. The molecule has 0 aliphatic carbocycles. The molecule has 6 heteroatoms. The zero-order valence-corrected chi connectivity index (χ0v) is 11.1. The minimum Gasteiger partial charge on any atom is -0.493 e. The van der Waals surface area contributed by atoms with Crippen molar-refractivity contribution in [3.8, 4) is 11.5 Å². The largest absolute Gasteiger partial charge is 0.493 e. The summed E-state index contributed by atoms with van der Waals surface area (Å²) in [5, 5.41) is 2.54. The molecule has 2 rings (SSSR count). The summed E-state index contributed by atoms with van der Waals surface area (Å²) in [6.45, 7) is 0. The van der Waals surface area contributed by atoms with E-state index in [9.17, 15) is 9.59 Å². The van der Waals surface area contributed by atoms with Crippen LogP contribution in [0.1, 0.15) is 10.4 Å². The Morgan fingerprint density at radius 2 is 1.90 bits per heavy atom. The molecule has 104 valence electrons. The zero-order valence-electron chi connectivity index (χ0n) is 11.1. The molecule has 20 heavy (non-hydrogen) atoms. The Morgan fingerprint density at radius 1 is 1.15 bits per heavy atom. The lowest BCUT2D eigenvalue weighted by Gasteiger charge is -2.09. The number of aromatic amines is 1. The lowest BCUT2D eigenvalue weighted by atomic mass is 10.2. The summed E-state index contributed by atoms with van der Waals surface area (Å²) in [4.78, 5) is 26.1. The van der Waals surface area contributed by atoms with Crippen molar-refractivity contribution in [2.24, 2.45) is 0 Å². The molecule has 1 amide bonds. The first-order chi connectivity index (χ1) is 9.65. The van der Waals surface area contributed by atoms with Crippen molar-refractivity contribution in [2.45, 2.75) is 0 Å². The highest BCUT2D eigenvalue weighted by atomic mass is 16.5. The van der Waals surface area contributed by atoms with Crippen LogP contribution in [0.5, 0.6) is 11.5 Å². The molecule has 0 saturated carbocycles. The van der Waals surface area contributed by atoms with Crippen LogP contribution in [0.4, 0.5) is 5.69 Å². The second-order valence-corrected chi connectivity index (χ2v) is 3.94. The average Bonchev–Trinajstić information content (AvgIpc) is 2.48. The standard InChI is InChI=1S/C14H14N2O4/c1-19-11-6-5-9(8-12(11)20-2)13(17)16-10-4-3-7-15-14(10)18/h3-8H,1-2H3,(H,15,18)(H,16,17). The van der Waals surface area contributed by atoms with Crippen molar-refractivity contribution in [1.82, 2.24) is 4.98 Å². The third kappa shape index (κ3) is 2.80. The molecular formula is C14H14N2O4. The average molecular weight is 274 g/mol. The monoisotopic (exact) mass is 274 g/mol. The first-order valence-electron chi connectivity index (χ1n) is 5.87. The maximum absolute atomic E-state index is 12.1. The molecule has 1 aromatic heterocycles. The third-order valence-electron chi connectivity index (χ3n) is 2.71. The summed E-state index contributed by atoms with van der Waals surface area (Å²) in [5.74, 6) is 0.575. The van der Waals surface area contributed by atoms with Gasteiger partial charge in [0.2, 0.25) is 0 Å². The number of pyridine rings is 1. The van der Waals surface area contributed by atoms with Gasteiger partial charge in [0.05, 0.1) is 14.2 Å². The number of benzene rings is 1. The normalized spacial score (nSPS) is 9.90. The number of carbonyl (C=O) groups excluding carboxylic acids is 1. The highest BCUT2D eigenvalue weighted by molar-refractivity contribution is 6.04. The van der Waals surface area contributed by atoms with E-state index in [4.69, 9.17) is 9.47 Å². The SMILES string of the molecule is COc1ccc(C(=O)Nc2ccc[nH]c2=O)cc1OC. The zero-order chi connectivity index (χ0) is 14.5. The Hall–Kier alpha value is -2.76. The molecule has 1 aromatic carbocycles. The van der Waals surface area contributed by atoms with Gasteiger partial charge >= 0.3 is 0 Å². The van der Waals surface area contributed by atoms with Crippen LogP contribution in [-0.2, 0) is 0 Å². The molecule has 0 aliphatic heterocycles. The molecule has 0 saturated heterocycles. The third-order valence-corrected chi connectivity index (χ3v) is 2.71. The predicted molar refractivity (Wildman–Crippen MR) is 74.6 cm³/mol. The van der Waals surface area contributed by atoms with Gasteiger partial charge < -0.3 is 19.8 Å². The molecule has 2 aromatic rings. The summed E-state index contributed by atoms with van der Waals surface area (Å²) < 4.78 is 10.2. The number of ether oxygens (including phenoxy) is 2. The molecule has 1 heterocycles. The predicted octanol–water partition coefficient (Wildman–Crippen LogP) is 1.64. The maximum Gasteiger partial charge on any atom is 0.271 e. The van der Waals surface area contributed by atoms with E-state index in [-0.39, 0.29) is 11.2 Å². The molecule has 0 atom stereocenters. The Balaban J connectivity index is 2.26. The van der Waals surface area contributed by atoms with E-state index in [0.29, 0.717) is 17.1 Å². The number of carbonyl (C=O) groups is 1. The summed E-state index contributed by atoms with van der Waals surface area (Å²) in [6, 6.07) is 7.92. The van der Waals surface area contributed by atoms with Gasteiger partial charge in [0, 0.05) is 11.8 Å². The fraction of sp³-hybridized carbons (Fsp3) is 0.143. The van der Waals surface area contributed by atoms with E-state index in [1.54, 1.807) is 24.3 Å². The second kappa shape index (κ2) is 5.92. The van der Waals surface area contributed by atoms with Crippen LogP contribution in [0.2, 0.25) is 0 Å². The molecule has 0 unspecified atom stereocenters. The number of rotatable bonds is 4. The maximum atomic E-state index is 12.1. The Morgan fingerprint density at radius 3 is 2.55 bits per heavy atom. The number of H-pyrrole nitrogens is 1. The van der Waals surface area contributed by atoms with Gasteiger partial charge in [-0.1, -0.05) is 0 Å². The molecule has 0 aliphatic rings. The minimum atomic E-state index is -0.400. The van der Waals surface area contributed by atoms with Crippen LogP contribution in [0.3, 0.4) is 0 Å². The van der Waals surface area contributed by atoms with Gasteiger partial charge in [0.15, 0.2) is 11.5 Å². The summed E-state index contributed by atoms with van der Waals surface area (Å²) in [7, 11) is 3.00. The minimum absolute atomic E-state index is 0.187. The van der Waals surface area contributed by atoms with Crippen LogP contribution in [0, 0.1) is 0 Å². The van der Waals surface area contributed by atoms with E-state index >= 15 is 0 Å². The van der Waals surface area contributed by atoms with Crippen molar-refractivity contribution in [3.63, 3.8) is 0 Å². The number of nitrogens with one attached hydrogen (secondary N) is 2. The first-order valence-corrected chi connectivity index (χ1v) is 5.87. The van der Waals surface area contributed by atoms with E-state index in [0.717, 1.165) is 0 Å². The lowest BCUT2D eigenvalue weighted by molar-refractivity contribution is 0.102. The summed E-state index contributed by atoms with van der Waals surface area (Å²) in [5.41, 5.74) is 0.194. The second-order valence-electron chi connectivity index (χ2n) is 3.94. The number of amides is 1. The Bertz CT molecular complexity index is 679. The number of methoxy groups -OCH3 is 2. The van der Waals surface area contributed by atoms with Crippen LogP contribution < -0.4 is 20.3 Å². The van der Waals surface area contributed by atoms with Crippen molar-refractivity contribution < 1.29 is 14.3 Å². The topological polar surface area (TPSA) is 80.4 Å². The van der Waals surface area contributed by atoms with E-state index in [2.05, 4.69) is 10.3 Å². The van der Waals surface area contributed by atoms with E-state index < -0.39 is 5.91 Å². The van der Waals surface area contributed by atoms with Gasteiger partial charge in [0.25, 0.3) is 11.5 Å². The van der Waals surface area contributed by atoms with Crippen molar-refractivity contribution in [2.75, 3.05) is 19.5 Å². The van der Waals surface area contributed by atoms with Crippen LogP contribution in [0.15, 0.2) is 41.3 Å². The number of hydrogen-bond donors (Lipinski definition) is 2. The number of aromatic nitrogens is 1. The Kier molecular flexibility index (Phi) is 4.05. The number of hydrogen-bond acceptors (Lipinski definition) is 4. The quantitative estimate of drug-likeness (QED) is 0.888. The van der Waals surface area contributed by atoms with Gasteiger partial charge in [-0.2, -0.15) is 0 Å². The van der Waals surface area contributed by atoms with Gasteiger partial charge in [-0.3, -0.25) is 9.59 Å². The van der Waals surface area contributed by atoms with E-state index in [1.807, 2.05) is 0 Å². The van der Waals surface area contributed by atoms with Crippen molar-refractivity contribution in [1.29, 1.82) is 0 Å². The molecule has 2 N–H and O–H groups in total. The lowest BCUT2D eigenvalue weighted by Crippen LogP contribution is -2.19. The van der Waals surface area contributed by atoms with Gasteiger partial charge in [-0.25, -0.2) is 0 Å².